The molecule has 1 amide bonds. The van der Waals surface area contributed by atoms with E-state index in [0.717, 1.165) is 13.0 Å². The number of rotatable bonds is 7. The Balaban J connectivity index is 2.95. The van der Waals surface area contributed by atoms with Crippen molar-refractivity contribution < 1.29 is 4.79 Å². The molecule has 0 saturated carbocycles. The van der Waals surface area contributed by atoms with Gasteiger partial charge in [-0.05, 0) is 6.42 Å². The third-order valence-electron chi connectivity index (χ3n) is 1.92. The lowest BCUT2D eigenvalue weighted by Gasteiger charge is -2.02. The summed E-state index contributed by atoms with van der Waals surface area (Å²) in [5.41, 5.74) is 0. The maximum atomic E-state index is 10.8. The first-order chi connectivity index (χ1) is 5.81. The molecule has 1 N–H and O–H groups in total. The molecule has 0 aromatic carbocycles. The van der Waals surface area contributed by atoms with Gasteiger partial charge in [0.25, 0.3) is 0 Å². The molecule has 0 aliphatic heterocycles. The second-order valence-electron chi connectivity index (χ2n) is 3.12. The SMILES string of the molecule is CCCCCCCNC(=O)CC. The lowest BCUT2D eigenvalue weighted by atomic mass is 10.1. The maximum Gasteiger partial charge on any atom is 0.219 e. The number of unbranched alkanes of at least 4 members (excludes halogenated alkanes) is 4. The van der Waals surface area contributed by atoms with Crippen LogP contribution in [0.2, 0.25) is 0 Å². The molecule has 2 nitrogen and oxygen atoms in total. The van der Waals surface area contributed by atoms with Gasteiger partial charge in [-0.3, -0.25) is 4.79 Å². The predicted octanol–water partition coefficient (Wildman–Crippen LogP) is 2.48. The highest BCUT2D eigenvalue weighted by Gasteiger charge is 1.94. The van der Waals surface area contributed by atoms with Gasteiger partial charge in [0.2, 0.25) is 5.91 Å². The highest BCUT2D eigenvalue weighted by Crippen LogP contribution is 2.00. The van der Waals surface area contributed by atoms with Crippen molar-refractivity contribution in [2.75, 3.05) is 6.54 Å². The summed E-state index contributed by atoms with van der Waals surface area (Å²) in [7, 11) is 0. The number of carbonyl (C=O) groups is 1. The van der Waals surface area contributed by atoms with Gasteiger partial charge in [-0.15, -0.1) is 0 Å². The van der Waals surface area contributed by atoms with Crippen molar-refractivity contribution in [1.82, 2.24) is 5.32 Å². The minimum Gasteiger partial charge on any atom is -0.356 e. The molecule has 0 aromatic heterocycles. The maximum absolute atomic E-state index is 10.8. The summed E-state index contributed by atoms with van der Waals surface area (Å²) in [6.07, 6.45) is 6.89. The van der Waals surface area contributed by atoms with Crippen LogP contribution in [0.3, 0.4) is 0 Å². The van der Waals surface area contributed by atoms with Gasteiger partial charge in [-0.25, -0.2) is 0 Å². The second kappa shape index (κ2) is 8.57. The van der Waals surface area contributed by atoms with Gasteiger partial charge < -0.3 is 5.32 Å². The molecule has 0 fully saturated rings. The van der Waals surface area contributed by atoms with Crippen LogP contribution in [0.5, 0.6) is 0 Å². The molecule has 0 saturated heterocycles. The fourth-order valence-electron chi connectivity index (χ4n) is 1.08. The molecular formula is C10H21NO. The molecule has 0 unspecified atom stereocenters. The first-order valence-corrected chi connectivity index (χ1v) is 5.08. The Morgan fingerprint density at radius 3 is 2.33 bits per heavy atom. The van der Waals surface area contributed by atoms with Gasteiger partial charge in [0.05, 0.1) is 0 Å². The standard InChI is InChI=1S/C10H21NO/c1-3-5-6-7-8-9-11-10(12)4-2/h3-9H2,1-2H3,(H,11,12). The Labute approximate surface area is 75.7 Å². The summed E-state index contributed by atoms with van der Waals surface area (Å²) in [5.74, 6) is 0.172. The number of hydrogen-bond donors (Lipinski definition) is 1. The van der Waals surface area contributed by atoms with E-state index in [4.69, 9.17) is 0 Å². The van der Waals surface area contributed by atoms with Crippen LogP contribution in [0.25, 0.3) is 0 Å². The zero-order chi connectivity index (χ0) is 9.23. The normalized spacial score (nSPS) is 9.83. The third kappa shape index (κ3) is 7.58. The molecule has 0 rings (SSSR count). The molecule has 2 heteroatoms. The Hall–Kier alpha value is -0.530. The first kappa shape index (κ1) is 11.5. The average Bonchev–Trinajstić information content (AvgIpc) is 2.10. The monoisotopic (exact) mass is 171 g/mol. The molecular weight excluding hydrogens is 150 g/mol. The van der Waals surface area contributed by atoms with Gasteiger partial charge in [0, 0.05) is 13.0 Å². The molecule has 0 radical (unpaired) electrons. The summed E-state index contributed by atoms with van der Waals surface area (Å²) in [6, 6.07) is 0. The van der Waals surface area contributed by atoms with Crippen LogP contribution in [0.4, 0.5) is 0 Å². The fraction of sp³-hybridized carbons (Fsp3) is 0.900. The lowest BCUT2D eigenvalue weighted by molar-refractivity contribution is -0.120. The summed E-state index contributed by atoms with van der Waals surface area (Å²) in [6.45, 7) is 4.95. The van der Waals surface area contributed by atoms with E-state index >= 15 is 0 Å². The average molecular weight is 171 g/mol. The zero-order valence-corrected chi connectivity index (χ0v) is 8.36. The van der Waals surface area contributed by atoms with E-state index in [1.807, 2.05) is 6.92 Å². The molecule has 12 heavy (non-hydrogen) atoms. The lowest BCUT2D eigenvalue weighted by Crippen LogP contribution is -2.23. The molecule has 0 heterocycles. The van der Waals surface area contributed by atoms with E-state index in [0.29, 0.717) is 6.42 Å². The van der Waals surface area contributed by atoms with Crippen molar-refractivity contribution >= 4 is 5.91 Å². The van der Waals surface area contributed by atoms with Crippen LogP contribution in [-0.4, -0.2) is 12.5 Å². The van der Waals surface area contributed by atoms with E-state index in [1.54, 1.807) is 0 Å². The Morgan fingerprint density at radius 1 is 1.08 bits per heavy atom. The van der Waals surface area contributed by atoms with Crippen LogP contribution < -0.4 is 5.32 Å². The number of nitrogens with one attached hydrogen (secondary N) is 1. The molecule has 0 aliphatic carbocycles. The fourth-order valence-corrected chi connectivity index (χ4v) is 1.08. The number of carbonyl (C=O) groups excluding carboxylic acids is 1. The zero-order valence-electron chi connectivity index (χ0n) is 8.36. The summed E-state index contributed by atoms with van der Waals surface area (Å²) < 4.78 is 0. The smallest absolute Gasteiger partial charge is 0.219 e. The Bertz CT molecular complexity index is 112. The summed E-state index contributed by atoms with van der Waals surface area (Å²) in [4.78, 5) is 10.8. The van der Waals surface area contributed by atoms with E-state index < -0.39 is 0 Å². The summed E-state index contributed by atoms with van der Waals surface area (Å²) >= 11 is 0. The van der Waals surface area contributed by atoms with Crippen LogP contribution >= 0.6 is 0 Å². The van der Waals surface area contributed by atoms with E-state index in [-0.39, 0.29) is 5.91 Å². The molecule has 0 spiro atoms. The Kier molecular flexibility index (Phi) is 8.19. The van der Waals surface area contributed by atoms with Crippen molar-refractivity contribution in [3.05, 3.63) is 0 Å². The van der Waals surface area contributed by atoms with Crippen molar-refractivity contribution in [3.8, 4) is 0 Å². The topological polar surface area (TPSA) is 29.1 Å². The largest absolute Gasteiger partial charge is 0.356 e. The molecule has 0 bridgehead atoms. The molecule has 72 valence electrons. The van der Waals surface area contributed by atoms with E-state index in [2.05, 4.69) is 12.2 Å². The summed E-state index contributed by atoms with van der Waals surface area (Å²) in [5, 5.41) is 2.87. The predicted molar refractivity (Wildman–Crippen MR) is 52.1 cm³/mol. The van der Waals surface area contributed by atoms with Crippen molar-refractivity contribution in [1.29, 1.82) is 0 Å². The van der Waals surface area contributed by atoms with E-state index in [1.165, 1.54) is 25.7 Å². The number of amides is 1. The second-order valence-corrected chi connectivity index (χ2v) is 3.12. The van der Waals surface area contributed by atoms with Crippen LogP contribution in [-0.2, 0) is 4.79 Å². The van der Waals surface area contributed by atoms with Crippen molar-refractivity contribution in [2.45, 2.75) is 52.4 Å². The van der Waals surface area contributed by atoms with Gasteiger partial charge in [0.15, 0.2) is 0 Å². The van der Waals surface area contributed by atoms with Crippen molar-refractivity contribution in [2.24, 2.45) is 0 Å². The van der Waals surface area contributed by atoms with Gasteiger partial charge in [-0.1, -0.05) is 39.5 Å². The van der Waals surface area contributed by atoms with E-state index in [9.17, 15) is 4.79 Å². The highest BCUT2D eigenvalue weighted by molar-refractivity contribution is 5.75. The van der Waals surface area contributed by atoms with Gasteiger partial charge in [-0.2, -0.15) is 0 Å². The quantitative estimate of drug-likeness (QED) is 0.586. The van der Waals surface area contributed by atoms with Gasteiger partial charge in [0.1, 0.15) is 0 Å². The first-order valence-electron chi connectivity index (χ1n) is 5.08. The minimum absolute atomic E-state index is 0.172. The molecule has 0 aromatic rings. The number of hydrogen-bond acceptors (Lipinski definition) is 1. The minimum atomic E-state index is 0.172. The molecule has 0 atom stereocenters. The van der Waals surface area contributed by atoms with Crippen molar-refractivity contribution in [3.63, 3.8) is 0 Å². The Morgan fingerprint density at radius 2 is 1.75 bits per heavy atom. The third-order valence-corrected chi connectivity index (χ3v) is 1.92. The van der Waals surface area contributed by atoms with Crippen LogP contribution in [0.1, 0.15) is 52.4 Å². The molecule has 0 aliphatic rings. The van der Waals surface area contributed by atoms with Crippen LogP contribution in [0.15, 0.2) is 0 Å². The highest BCUT2D eigenvalue weighted by atomic mass is 16.1. The van der Waals surface area contributed by atoms with Gasteiger partial charge >= 0.3 is 0 Å². The van der Waals surface area contributed by atoms with Crippen LogP contribution in [0, 0.1) is 0 Å².